The molecule has 0 spiro atoms. The first-order valence-electron chi connectivity index (χ1n) is 12.6. The second-order valence-corrected chi connectivity index (χ2v) is 9.53. The van der Waals surface area contributed by atoms with Crippen molar-refractivity contribution >= 4 is 28.6 Å². The fraction of sp³-hybridized carbons (Fsp3) is 0.167. The Morgan fingerprint density at radius 2 is 1.71 bits per heavy atom. The molecule has 4 aromatic carbocycles. The van der Waals surface area contributed by atoms with Crippen LogP contribution in [0, 0.1) is 5.82 Å². The highest BCUT2D eigenvalue weighted by atomic mass is 35.5. The van der Waals surface area contributed by atoms with Crippen LogP contribution in [0.3, 0.4) is 0 Å². The van der Waals surface area contributed by atoms with E-state index in [0.29, 0.717) is 27.2 Å². The molecule has 5 aromatic rings. The second kappa shape index (κ2) is 12.8. The number of benzene rings is 4. The van der Waals surface area contributed by atoms with Gasteiger partial charge in [-0.3, -0.25) is 10.1 Å². The lowest BCUT2D eigenvalue weighted by atomic mass is 10.0. The Morgan fingerprint density at radius 3 is 2.49 bits per heavy atom. The first-order chi connectivity index (χ1) is 19.9. The number of carbonyl (C=O) groups is 1. The number of nitrogens with zero attached hydrogens (tertiary/aromatic N) is 2. The molecular formula is C30H25ClFN3O6. The van der Waals surface area contributed by atoms with Gasteiger partial charge in [-0.2, -0.15) is 0 Å². The van der Waals surface area contributed by atoms with Crippen LogP contribution in [0.5, 0.6) is 11.5 Å². The van der Waals surface area contributed by atoms with Crippen molar-refractivity contribution in [1.82, 2.24) is 15.6 Å². The number of halogens is 2. The average molecular weight is 578 g/mol. The Balaban J connectivity index is 1.38. The summed E-state index contributed by atoms with van der Waals surface area (Å²) in [6, 6.07) is 21.9. The van der Waals surface area contributed by atoms with Gasteiger partial charge in [0, 0.05) is 29.3 Å². The number of aliphatic hydroxyl groups excluding tert-OH is 1. The molecule has 0 saturated carbocycles. The van der Waals surface area contributed by atoms with Gasteiger partial charge in [0.2, 0.25) is 0 Å². The van der Waals surface area contributed by atoms with Crippen LogP contribution in [0.15, 0.2) is 83.5 Å². The van der Waals surface area contributed by atoms with E-state index in [1.54, 1.807) is 24.3 Å². The minimum absolute atomic E-state index is 0.00507. The third-order valence-corrected chi connectivity index (χ3v) is 6.84. The SMILES string of the molecule is O=C(O)[C@@H](CO)NCc1cc(F)c(OCc2cccc(-c3ccccc3)c2Cl)cc1OCc1ccc2nonc2c1. The van der Waals surface area contributed by atoms with E-state index >= 15 is 4.39 Å². The number of aliphatic hydroxyl groups is 1. The molecule has 210 valence electrons. The molecule has 0 bridgehead atoms. The van der Waals surface area contributed by atoms with Gasteiger partial charge < -0.3 is 19.7 Å². The summed E-state index contributed by atoms with van der Waals surface area (Å²) in [6.45, 7) is -0.631. The highest BCUT2D eigenvalue weighted by Crippen LogP contribution is 2.33. The number of aromatic nitrogens is 2. The molecule has 1 aromatic heterocycles. The molecule has 0 saturated heterocycles. The van der Waals surface area contributed by atoms with Gasteiger partial charge in [-0.25, -0.2) is 9.02 Å². The minimum atomic E-state index is -1.24. The summed E-state index contributed by atoms with van der Waals surface area (Å²) in [6.07, 6.45) is 0. The third kappa shape index (κ3) is 6.63. The van der Waals surface area contributed by atoms with Crippen LogP contribution in [0.25, 0.3) is 22.2 Å². The number of hydrogen-bond acceptors (Lipinski definition) is 8. The highest BCUT2D eigenvalue weighted by Gasteiger charge is 2.19. The molecule has 41 heavy (non-hydrogen) atoms. The molecule has 0 aliphatic carbocycles. The van der Waals surface area contributed by atoms with Gasteiger partial charge in [0.1, 0.15) is 36.0 Å². The van der Waals surface area contributed by atoms with Gasteiger partial charge in [-0.15, -0.1) is 0 Å². The summed E-state index contributed by atoms with van der Waals surface area (Å²) < 4.78 is 31.8. The van der Waals surface area contributed by atoms with Gasteiger partial charge in [-0.05, 0) is 39.6 Å². The summed E-state index contributed by atoms with van der Waals surface area (Å²) in [5.41, 5.74) is 4.68. The third-order valence-electron chi connectivity index (χ3n) is 6.39. The lowest BCUT2D eigenvalue weighted by molar-refractivity contribution is -0.140. The number of carboxylic acid groups (broad SMARTS) is 1. The van der Waals surface area contributed by atoms with Gasteiger partial charge in [0.15, 0.2) is 11.6 Å². The van der Waals surface area contributed by atoms with E-state index < -0.39 is 24.4 Å². The quantitative estimate of drug-likeness (QED) is 0.179. The molecule has 5 rings (SSSR count). The van der Waals surface area contributed by atoms with E-state index in [0.717, 1.165) is 16.7 Å². The number of ether oxygens (including phenoxy) is 2. The molecular weight excluding hydrogens is 553 g/mol. The first-order valence-corrected chi connectivity index (χ1v) is 13.0. The maximum Gasteiger partial charge on any atom is 0.323 e. The van der Waals surface area contributed by atoms with Gasteiger partial charge in [-0.1, -0.05) is 66.2 Å². The van der Waals surface area contributed by atoms with Crippen molar-refractivity contribution in [3.8, 4) is 22.6 Å². The van der Waals surface area contributed by atoms with E-state index in [2.05, 4.69) is 15.6 Å². The maximum atomic E-state index is 15.2. The Morgan fingerprint density at radius 1 is 0.927 bits per heavy atom. The second-order valence-electron chi connectivity index (χ2n) is 9.15. The molecule has 0 aliphatic rings. The molecule has 11 heteroatoms. The zero-order valence-corrected chi connectivity index (χ0v) is 22.3. The minimum Gasteiger partial charge on any atom is -0.488 e. The maximum absolute atomic E-state index is 15.2. The topological polar surface area (TPSA) is 127 Å². The predicted molar refractivity (Wildman–Crippen MR) is 149 cm³/mol. The zero-order valence-electron chi connectivity index (χ0n) is 21.6. The lowest BCUT2D eigenvalue weighted by Crippen LogP contribution is -2.39. The summed E-state index contributed by atoms with van der Waals surface area (Å²) in [5.74, 6) is -1.72. The zero-order chi connectivity index (χ0) is 28.8. The summed E-state index contributed by atoms with van der Waals surface area (Å²) in [4.78, 5) is 11.3. The fourth-order valence-electron chi connectivity index (χ4n) is 4.19. The Kier molecular flexibility index (Phi) is 8.73. The smallest absolute Gasteiger partial charge is 0.323 e. The summed E-state index contributed by atoms with van der Waals surface area (Å²) >= 11 is 6.68. The molecule has 9 nitrogen and oxygen atoms in total. The van der Waals surface area contributed by atoms with Gasteiger partial charge in [0.05, 0.1) is 11.6 Å². The molecule has 0 unspecified atom stereocenters. The van der Waals surface area contributed by atoms with Crippen molar-refractivity contribution in [2.75, 3.05) is 6.61 Å². The van der Waals surface area contributed by atoms with Gasteiger partial charge >= 0.3 is 5.97 Å². The van der Waals surface area contributed by atoms with Crippen LogP contribution in [0.2, 0.25) is 5.02 Å². The van der Waals surface area contributed by atoms with E-state index in [1.165, 1.54) is 12.1 Å². The molecule has 0 radical (unpaired) electrons. The number of nitrogens with one attached hydrogen (secondary N) is 1. The van der Waals surface area contributed by atoms with Crippen molar-refractivity contribution < 1.29 is 33.5 Å². The van der Waals surface area contributed by atoms with Crippen LogP contribution < -0.4 is 14.8 Å². The standard InChI is InChI=1S/C30H25ClFN3O6/c31-29-20(7-4-8-22(29)19-5-2-1-3-6-19)17-40-28-13-27(21(12-23(28)32)14-33-26(15-36)30(37)38)39-16-18-9-10-24-25(11-18)35-41-34-24/h1-13,26,33,36H,14-17H2,(H,37,38)/t26-/m1/s1. The van der Waals surface area contributed by atoms with Crippen molar-refractivity contribution in [2.24, 2.45) is 0 Å². The normalized spacial score (nSPS) is 11.9. The number of aliphatic carboxylic acids is 1. The van der Waals surface area contributed by atoms with Crippen LogP contribution in [-0.4, -0.2) is 39.1 Å². The Labute approximate surface area is 239 Å². The number of fused-ring (bicyclic) bond motifs is 1. The molecule has 3 N–H and O–H groups in total. The highest BCUT2D eigenvalue weighted by molar-refractivity contribution is 6.34. The Hall–Kier alpha value is -4.51. The van der Waals surface area contributed by atoms with E-state index in [1.807, 2.05) is 42.5 Å². The summed E-state index contributed by atoms with van der Waals surface area (Å²) in [7, 11) is 0. The number of rotatable bonds is 12. The monoisotopic (exact) mass is 577 g/mol. The molecule has 0 aliphatic heterocycles. The predicted octanol–water partition coefficient (Wildman–Crippen LogP) is 5.38. The molecule has 1 atom stereocenters. The van der Waals surface area contributed by atoms with Crippen molar-refractivity contribution in [3.63, 3.8) is 0 Å². The van der Waals surface area contributed by atoms with Crippen LogP contribution in [0.4, 0.5) is 4.39 Å². The van der Waals surface area contributed by atoms with E-state index in [9.17, 15) is 15.0 Å². The Bertz CT molecular complexity index is 1660. The lowest BCUT2D eigenvalue weighted by Gasteiger charge is -2.18. The molecule has 0 amide bonds. The molecule has 0 fully saturated rings. The fourth-order valence-corrected chi connectivity index (χ4v) is 4.48. The summed E-state index contributed by atoms with van der Waals surface area (Å²) in [5, 5.41) is 29.4. The largest absolute Gasteiger partial charge is 0.488 e. The average Bonchev–Trinajstić information content (AvgIpc) is 3.45. The van der Waals surface area contributed by atoms with Crippen LogP contribution >= 0.6 is 11.6 Å². The number of carboxylic acids is 1. The molecule has 1 heterocycles. The van der Waals surface area contributed by atoms with E-state index in [-0.39, 0.29) is 31.3 Å². The number of hydrogen-bond donors (Lipinski definition) is 3. The van der Waals surface area contributed by atoms with Crippen LogP contribution in [0.1, 0.15) is 16.7 Å². The van der Waals surface area contributed by atoms with Gasteiger partial charge in [0.25, 0.3) is 0 Å². The van der Waals surface area contributed by atoms with Crippen molar-refractivity contribution in [1.29, 1.82) is 0 Å². The van der Waals surface area contributed by atoms with Crippen molar-refractivity contribution in [3.05, 3.63) is 106 Å². The van der Waals surface area contributed by atoms with E-state index in [4.69, 9.17) is 25.7 Å². The van der Waals surface area contributed by atoms with Crippen molar-refractivity contribution in [2.45, 2.75) is 25.8 Å². The first kappa shape index (κ1) is 28.0. The van der Waals surface area contributed by atoms with Crippen LogP contribution in [-0.2, 0) is 24.6 Å².